The van der Waals surface area contributed by atoms with E-state index in [1.54, 1.807) is 16.9 Å². The molecule has 6 bridgehead atoms. The van der Waals surface area contributed by atoms with Gasteiger partial charge in [0.2, 0.25) is 5.91 Å². The van der Waals surface area contributed by atoms with E-state index in [4.69, 9.17) is 24.4 Å². The number of amides is 1. The first kappa shape index (κ1) is 31.3. The molecule has 3 atom stereocenters. The highest BCUT2D eigenvalue weighted by Crippen LogP contribution is 2.36. The number of carbonyl (C=O) groups is 1. The maximum Gasteiger partial charge on any atom is 0.245 e. The van der Waals surface area contributed by atoms with Crippen molar-refractivity contribution in [1.29, 1.82) is 0 Å². The molecular formula is C36H34F2N10O3. The lowest BCUT2D eigenvalue weighted by Gasteiger charge is -2.31. The van der Waals surface area contributed by atoms with Gasteiger partial charge >= 0.3 is 0 Å². The topological polar surface area (TPSA) is 128 Å². The minimum absolute atomic E-state index is 0.0271. The highest BCUT2D eigenvalue weighted by molar-refractivity contribution is 5.94. The first-order valence-corrected chi connectivity index (χ1v) is 16.9. The van der Waals surface area contributed by atoms with Gasteiger partial charge in [-0.2, -0.15) is 5.10 Å². The number of halogens is 2. The summed E-state index contributed by atoms with van der Waals surface area (Å²) in [6.07, 6.45) is 3.95. The van der Waals surface area contributed by atoms with Gasteiger partial charge < -0.3 is 29.2 Å². The number of carbonyl (C=O) groups excluding carboxylic acids is 1. The third-order valence-corrected chi connectivity index (χ3v) is 10.00. The third kappa shape index (κ3) is 5.39. The number of hydrogen-bond acceptors (Lipinski definition) is 10. The Bertz CT molecular complexity index is 2330. The second kappa shape index (κ2) is 12.3. The number of aromatic nitrogens is 7. The minimum Gasteiger partial charge on any atom is -0.494 e. The Morgan fingerprint density at radius 3 is 2.80 bits per heavy atom. The van der Waals surface area contributed by atoms with E-state index in [2.05, 4.69) is 15.4 Å². The highest BCUT2D eigenvalue weighted by atomic mass is 19.1. The number of imidazole rings is 1. The SMILES string of the molecule is COc1cc(F)ccc1-n1ncc2c(N3CC4C[C@H]3C(=O)N3CCCO[C@H](C3)Cn3c(C)nc5cc(F)cc(c53)-c3cccc(n3)N4)ncnc21. The van der Waals surface area contributed by atoms with Crippen LogP contribution in [0.4, 0.5) is 20.4 Å². The van der Waals surface area contributed by atoms with Crippen molar-refractivity contribution in [3.63, 3.8) is 0 Å². The third-order valence-electron chi connectivity index (χ3n) is 10.00. The average molecular weight is 693 g/mol. The standard InChI is InChI=1S/C36H34F2N10O3/c1-20-42-28-12-22(38)11-25-27-5-3-6-32(44-27)43-23-14-30(36(49)45-9-4-10-51-24(17-45)18-46(20)33(25)28)47(16-23)34-26-15-41-48(35(26)40-19-39-34)29-8-7-21(37)13-31(29)50-2/h3,5-8,11-13,15,19,23-24,30H,4,9-10,14,16-18H2,1-2H3,(H,43,44)/t23?,24-,30+/m1/s1. The van der Waals surface area contributed by atoms with Crippen LogP contribution in [-0.2, 0) is 16.1 Å². The van der Waals surface area contributed by atoms with Crippen molar-refractivity contribution in [1.82, 2.24) is 39.2 Å². The molecule has 1 amide bonds. The molecule has 0 aliphatic carbocycles. The quantitative estimate of drug-likeness (QED) is 0.283. The number of rotatable bonds is 3. The van der Waals surface area contributed by atoms with Crippen molar-refractivity contribution < 1.29 is 23.0 Å². The van der Waals surface area contributed by atoms with Crippen molar-refractivity contribution in [2.24, 2.45) is 0 Å². The molecule has 0 saturated carbocycles. The van der Waals surface area contributed by atoms with Crippen LogP contribution >= 0.6 is 0 Å². The minimum atomic E-state index is -0.565. The molecule has 4 aromatic heterocycles. The summed E-state index contributed by atoms with van der Waals surface area (Å²) in [5.74, 6) is 1.32. The number of anilines is 2. The summed E-state index contributed by atoms with van der Waals surface area (Å²) in [6, 6.07) is 12.0. The molecule has 9 rings (SSSR count). The van der Waals surface area contributed by atoms with Crippen LogP contribution in [0.1, 0.15) is 18.7 Å². The summed E-state index contributed by atoms with van der Waals surface area (Å²) in [6.45, 7) is 4.19. The molecule has 2 aromatic carbocycles. The number of nitrogens with one attached hydrogen (secondary N) is 1. The molecule has 0 radical (unpaired) electrons. The Morgan fingerprint density at radius 1 is 1.02 bits per heavy atom. The molecule has 2 fully saturated rings. The fraction of sp³-hybridized carbons (Fsp3) is 0.333. The van der Waals surface area contributed by atoms with Gasteiger partial charge in [0.05, 0.1) is 48.1 Å². The molecule has 7 heterocycles. The Balaban J connectivity index is 1.15. The second-order valence-corrected chi connectivity index (χ2v) is 13.2. The molecule has 3 aliphatic rings. The monoisotopic (exact) mass is 692 g/mol. The summed E-state index contributed by atoms with van der Waals surface area (Å²) in [4.78, 5) is 37.5. The first-order chi connectivity index (χ1) is 24.8. The summed E-state index contributed by atoms with van der Waals surface area (Å²) in [7, 11) is 1.47. The molecule has 2 saturated heterocycles. The lowest BCUT2D eigenvalue weighted by molar-refractivity contribution is -0.133. The van der Waals surface area contributed by atoms with E-state index in [1.807, 2.05) is 39.5 Å². The van der Waals surface area contributed by atoms with E-state index in [-0.39, 0.29) is 18.1 Å². The maximum absolute atomic E-state index is 15.0. The number of ether oxygens (including phenoxy) is 2. The van der Waals surface area contributed by atoms with Crippen molar-refractivity contribution in [3.05, 3.63) is 78.5 Å². The second-order valence-electron chi connectivity index (χ2n) is 13.2. The van der Waals surface area contributed by atoms with Gasteiger partial charge in [0.1, 0.15) is 52.9 Å². The first-order valence-electron chi connectivity index (χ1n) is 16.9. The zero-order chi connectivity index (χ0) is 34.8. The predicted molar refractivity (Wildman–Crippen MR) is 185 cm³/mol. The fourth-order valence-corrected chi connectivity index (χ4v) is 7.74. The molecule has 13 nitrogen and oxygen atoms in total. The summed E-state index contributed by atoms with van der Waals surface area (Å²) in [5, 5.41) is 8.79. The Morgan fingerprint density at radius 2 is 1.92 bits per heavy atom. The lowest BCUT2D eigenvalue weighted by Crippen LogP contribution is -2.48. The van der Waals surface area contributed by atoms with Crippen LogP contribution in [0.5, 0.6) is 5.75 Å². The molecule has 0 spiro atoms. The highest BCUT2D eigenvalue weighted by Gasteiger charge is 2.42. The molecule has 260 valence electrons. The van der Waals surface area contributed by atoms with Crippen LogP contribution in [0.25, 0.3) is 39.0 Å². The fourth-order valence-electron chi connectivity index (χ4n) is 7.74. The van der Waals surface area contributed by atoms with E-state index >= 15 is 4.39 Å². The number of aryl methyl sites for hydroxylation is 1. The van der Waals surface area contributed by atoms with E-state index in [1.165, 1.54) is 37.7 Å². The largest absolute Gasteiger partial charge is 0.494 e. The van der Waals surface area contributed by atoms with Crippen LogP contribution in [0, 0.1) is 18.6 Å². The predicted octanol–water partition coefficient (Wildman–Crippen LogP) is 4.51. The molecule has 51 heavy (non-hydrogen) atoms. The Labute approximate surface area is 290 Å². The van der Waals surface area contributed by atoms with Gasteiger partial charge in [-0.05, 0) is 50.1 Å². The Hall–Kier alpha value is -5.70. The van der Waals surface area contributed by atoms with Crippen LogP contribution in [0.2, 0.25) is 0 Å². The smallest absolute Gasteiger partial charge is 0.245 e. The molecule has 15 heteroatoms. The van der Waals surface area contributed by atoms with Crippen LogP contribution in [0.15, 0.2) is 61.1 Å². The number of benzene rings is 2. The van der Waals surface area contributed by atoms with Crippen LogP contribution < -0.4 is 15.0 Å². The molecule has 1 N–H and O–H groups in total. The van der Waals surface area contributed by atoms with Crippen molar-refractivity contribution in [2.75, 3.05) is 43.6 Å². The lowest BCUT2D eigenvalue weighted by atomic mass is 10.1. The molecule has 6 aromatic rings. The zero-order valence-electron chi connectivity index (χ0n) is 28.0. The zero-order valence-corrected chi connectivity index (χ0v) is 28.0. The van der Waals surface area contributed by atoms with Gasteiger partial charge in [-0.15, -0.1) is 0 Å². The van der Waals surface area contributed by atoms with Gasteiger partial charge in [-0.1, -0.05) is 6.07 Å². The van der Waals surface area contributed by atoms with Crippen LogP contribution in [-0.4, -0.2) is 96.6 Å². The number of pyridine rings is 1. The van der Waals surface area contributed by atoms with E-state index in [0.717, 1.165) is 11.3 Å². The number of hydrogen-bond donors (Lipinski definition) is 1. The van der Waals surface area contributed by atoms with E-state index in [0.29, 0.717) is 96.5 Å². The summed E-state index contributed by atoms with van der Waals surface area (Å²) >= 11 is 0. The molecular weight excluding hydrogens is 658 g/mol. The number of methoxy groups -OCH3 is 1. The van der Waals surface area contributed by atoms with E-state index in [9.17, 15) is 9.18 Å². The summed E-state index contributed by atoms with van der Waals surface area (Å²) in [5.41, 5.74) is 3.56. The normalized spacial score (nSPS) is 20.6. The maximum atomic E-state index is 15.0. The van der Waals surface area contributed by atoms with Gasteiger partial charge in [-0.3, -0.25) is 4.79 Å². The van der Waals surface area contributed by atoms with Crippen molar-refractivity contribution >= 4 is 39.6 Å². The average Bonchev–Trinajstić information content (AvgIpc) is 3.77. The van der Waals surface area contributed by atoms with Crippen molar-refractivity contribution in [3.8, 4) is 22.7 Å². The summed E-state index contributed by atoms with van der Waals surface area (Å²) < 4.78 is 44.5. The van der Waals surface area contributed by atoms with Gasteiger partial charge in [0.15, 0.2) is 5.65 Å². The van der Waals surface area contributed by atoms with E-state index < -0.39 is 17.7 Å². The number of fused-ring (bicyclic) bond motifs is 8. The van der Waals surface area contributed by atoms with Gasteiger partial charge in [0.25, 0.3) is 0 Å². The number of nitrogens with zero attached hydrogens (tertiary/aromatic N) is 9. The van der Waals surface area contributed by atoms with Gasteiger partial charge in [-0.25, -0.2) is 33.4 Å². The Kier molecular flexibility index (Phi) is 7.52. The van der Waals surface area contributed by atoms with Crippen molar-refractivity contribution in [2.45, 2.75) is 44.5 Å². The molecule has 1 unspecified atom stereocenters. The molecule has 3 aliphatic heterocycles. The van der Waals surface area contributed by atoms with Crippen LogP contribution in [0.3, 0.4) is 0 Å². The van der Waals surface area contributed by atoms with Gasteiger partial charge in [0, 0.05) is 50.0 Å².